The Bertz CT molecular complexity index is 972. The zero-order valence-corrected chi connectivity index (χ0v) is 17.0. The quantitative estimate of drug-likeness (QED) is 0.778. The van der Waals surface area contributed by atoms with Crippen molar-refractivity contribution >= 4 is 29.3 Å². The number of benzene rings is 1. The summed E-state index contributed by atoms with van der Waals surface area (Å²) in [6, 6.07) is 7.89. The van der Waals surface area contributed by atoms with Crippen LogP contribution in [0.3, 0.4) is 0 Å². The van der Waals surface area contributed by atoms with Crippen molar-refractivity contribution in [2.45, 2.75) is 13.0 Å². The second-order valence-electron chi connectivity index (χ2n) is 7.45. The highest BCUT2D eigenvalue weighted by Gasteiger charge is 2.33. The van der Waals surface area contributed by atoms with Crippen LogP contribution in [0.5, 0.6) is 0 Å². The lowest BCUT2D eigenvalue weighted by Gasteiger charge is -2.36. The molecule has 1 N–H and O–H groups in total. The number of nitrogens with one attached hydrogen (secondary N) is 1. The highest BCUT2D eigenvalue weighted by Crippen LogP contribution is 2.28. The summed E-state index contributed by atoms with van der Waals surface area (Å²) < 4.78 is 25.3. The Labute approximate surface area is 178 Å². The van der Waals surface area contributed by atoms with Crippen LogP contribution in [-0.4, -0.2) is 68.2 Å². The first-order valence-electron chi connectivity index (χ1n) is 10.0. The molecular formula is C21H23FN4O5. The Kier molecular flexibility index (Phi) is 5.79. The van der Waals surface area contributed by atoms with Crippen molar-refractivity contribution in [3.05, 3.63) is 48.2 Å². The molecule has 2 saturated heterocycles. The van der Waals surface area contributed by atoms with Crippen LogP contribution in [0.4, 0.5) is 20.6 Å². The molecule has 9 nitrogen and oxygen atoms in total. The molecule has 2 aromatic rings. The molecule has 0 unspecified atom stereocenters. The Morgan fingerprint density at radius 2 is 1.97 bits per heavy atom. The van der Waals surface area contributed by atoms with Crippen LogP contribution in [0.15, 0.2) is 41.0 Å². The molecule has 1 aromatic heterocycles. The Balaban J connectivity index is 1.38. The van der Waals surface area contributed by atoms with Crippen LogP contribution in [0.25, 0.3) is 0 Å². The number of cyclic esters (lactones) is 1. The molecule has 0 bridgehead atoms. The van der Waals surface area contributed by atoms with Gasteiger partial charge in [0.25, 0.3) is 5.91 Å². The van der Waals surface area contributed by atoms with E-state index >= 15 is 0 Å². The molecule has 2 aliphatic rings. The van der Waals surface area contributed by atoms with Gasteiger partial charge in [-0.05, 0) is 30.3 Å². The zero-order chi connectivity index (χ0) is 22.0. The normalized spacial score (nSPS) is 18.8. The number of amides is 3. The van der Waals surface area contributed by atoms with Gasteiger partial charge in [0.05, 0.1) is 30.7 Å². The summed E-state index contributed by atoms with van der Waals surface area (Å²) in [4.78, 5) is 40.4. The molecule has 0 aliphatic carbocycles. The maximum absolute atomic E-state index is 14.9. The van der Waals surface area contributed by atoms with Gasteiger partial charge in [-0.2, -0.15) is 0 Å². The second kappa shape index (κ2) is 8.66. The highest BCUT2D eigenvalue weighted by atomic mass is 19.1. The summed E-state index contributed by atoms with van der Waals surface area (Å²) in [6.07, 6.45) is 0.394. The minimum absolute atomic E-state index is 0.179. The number of anilines is 2. The zero-order valence-electron chi connectivity index (χ0n) is 17.0. The fourth-order valence-electron chi connectivity index (χ4n) is 3.72. The summed E-state index contributed by atoms with van der Waals surface area (Å²) >= 11 is 0. The van der Waals surface area contributed by atoms with E-state index in [2.05, 4.69) is 5.32 Å². The van der Waals surface area contributed by atoms with Crippen LogP contribution in [0.2, 0.25) is 0 Å². The van der Waals surface area contributed by atoms with E-state index in [0.717, 1.165) is 0 Å². The van der Waals surface area contributed by atoms with Crippen molar-refractivity contribution in [3.8, 4) is 0 Å². The van der Waals surface area contributed by atoms with Gasteiger partial charge >= 0.3 is 6.09 Å². The molecule has 2 fully saturated rings. The number of hydrogen-bond donors (Lipinski definition) is 1. The molecule has 2 aliphatic heterocycles. The molecule has 3 heterocycles. The van der Waals surface area contributed by atoms with E-state index in [1.165, 1.54) is 24.2 Å². The van der Waals surface area contributed by atoms with Gasteiger partial charge < -0.3 is 24.3 Å². The Morgan fingerprint density at radius 1 is 1.19 bits per heavy atom. The molecule has 1 aromatic carbocycles. The molecule has 0 spiro atoms. The van der Waals surface area contributed by atoms with Gasteiger partial charge in [-0.15, -0.1) is 0 Å². The van der Waals surface area contributed by atoms with Crippen molar-refractivity contribution in [2.75, 3.05) is 49.1 Å². The van der Waals surface area contributed by atoms with Gasteiger partial charge in [0, 0.05) is 33.1 Å². The number of nitrogens with zero attached hydrogens (tertiary/aromatic N) is 3. The van der Waals surface area contributed by atoms with Crippen LogP contribution >= 0.6 is 0 Å². The van der Waals surface area contributed by atoms with E-state index in [1.54, 1.807) is 29.2 Å². The highest BCUT2D eigenvalue weighted by molar-refractivity contribution is 5.92. The number of carbonyl (C=O) groups excluding carboxylic acids is 3. The number of ether oxygens (including phenoxy) is 1. The Morgan fingerprint density at radius 3 is 2.61 bits per heavy atom. The van der Waals surface area contributed by atoms with Crippen molar-refractivity contribution in [1.82, 2.24) is 10.2 Å². The van der Waals surface area contributed by atoms with Crippen molar-refractivity contribution in [2.24, 2.45) is 0 Å². The molecule has 10 heteroatoms. The summed E-state index contributed by atoms with van der Waals surface area (Å²) in [5, 5.41) is 2.61. The van der Waals surface area contributed by atoms with Crippen LogP contribution < -0.4 is 15.1 Å². The third-order valence-corrected chi connectivity index (χ3v) is 5.34. The SMILES string of the molecule is CC(=O)NC[C@H]1CN(c2ccc(N3CCN(C(=O)c4ccco4)CC3)c(F)c2)C(=O)O1. The summed E-state index contributed by atoms with van der Waals surface area (Å²) in [5.74, 6) is -0.558. The topological polar surface area (TPSA) is 95.3 Å². The molecular weight excluding hydrogens is 407 g/mol. The Hall–Kier alpha value is -3.56. The van der Waals surface area contributed by atoms with Crippen molar-refractivity contribution in [1.29, 1.82) is 0 Å². The first-order chi connectivity index (χ1) is 14.9. The van der Waals surface area contributed by atoms with E-state index in [0.29, 0.717) is 43.3 Å². The van der Waals surface area contributed by atoms with E-state index in [-0.39, 0.29) is 24.9 Å². The molecule has 4 rings (SSSR count). The maximum atomic E-state index is 14.9. The summed E-state index contributed by atoms with van der Waals surface area (Å²) in [6.45, 7) is 3.68. The third kappa shape index (κ3) is 4.47. The van der Waals surface area contributed by atoms with Crippen molar-refractivity contribution < 1.29 is 27.9 Å². The lowest BCUT2D eigenvalue weighted by Crippen LogP contribution is -2.49. The van der Waals surface area contributed by atoms with Crippen molar-refractivity contribution in [3.63, 3.8) is 0 Å². The van der Waals surface area contributed by atoms with Gasteiger partial charge in [-0.3, -0.25) is 14.5 Å². The van der Waals surface area contributed by atoms with E-state index in [1.807, 2.05) is 4.90 Å². The summed E-state index contributed by atoms with van der Waals surface area (Å²) in [5.41, 5.74) is 0.805. The van der Waals surface area contributed by atoms with Gasteiger partial charge in [0.1, 0.15) is 11.9 Å². The first-order valence-corrected chi connectivity index (χ1v) is 10.0. The van der Waals surface area contributed by atoms with Gasteiger partial charge in [-0.25, -0.2) is 9.18 Å². The minimum atomic E-state index is -0.576. The third-order valence-electron chi connectivity index (χ3n) is 5.34. The maximum Gasteiger partial charge on any atom is 0.414 e. The predicted octanol–water partition coefficient (Wildman–Crippen LogP) is 1.84. The summed E-state index contributed by atoms with van der Waals surface area (Å²) in [7, 11) is 0. The monoisotopic (exact) mass is 430 g/mol. The second-order valence-corrected chi connectivity index (χ2v) is 7.45. The molecule has 3 amide bonds. The molecule has 164 valence electrons. The number of furan rings is 1. The van der Waals surface area contributed by atoms with E-state index < -0.39 is 18.0 Å². The minimum Gasteiger partial charge on any atom is -0.459 e. The molecule has 0 radical (unpaired) electrons. The number of hydrogen-bond acceptors (Lipinski definition) is 6. The molecule has 31 heavy (non-hydrogen) atoms. The lowest BCUT2D eigenvalue weighted by molar-refractivity contribution is -0.119. The molecule has 1 atom stereocenters. The standard InChI is InChI=1S/C21H23FN4O5/c1-14(27)23-12-16-13-26(21(29)31-16)15-4-5-18(17(22)11-15)24-6-8-25(9-7-24)20(28)19-3-2-10-30-19/h2-5,10-11,16H,6-9,12-13H2,1H3,(H,23,27)/t16-/m0/s1. The predicted molar refractivity (Wildman–Crippen MR) is 110 cm³/mol. The van der Waals surface area contributed by atoms with Crippen LogP contribution in [-0.2, 0) is 9.53 Å². The van der Waals surface area contributed by atoms with E-state index in [4.69, 9.17) is 9.15 Å². The molecule has 0 saturated carbocycles. The van der Waals surface area contributed by atoms with Gasteiger partial charge in [0.2, 0.25) is 5.91 Å². The van der Waals surface area contributed by atoms with Gasteiger partial charge in [-0.1, -0.05) is 0 Å². The van der Waals surface area contributed by atoms with Crippen LogP contribution in [0, 0.1) is 5.82 Å². The van der Waals surface area contributed by atoms with E-state index in [9.17, 15) is 18.8 Å². The smallest absolute Gasteiger partial charge is 0.414 e. The first kappa shape index (κ1) is 20.7. The lowest BCUT2D eigenvalue weighted by atomic mass is 10.2. The fourth-order valence-corrected chi connectivity index (χ4v) is 3.72. The average molecular weight is 430 g/mol. The average Bonchev–Trinajstić information content (AvgIpc) is 3.42. The largest absolute Gasteiger partial charge is 0.459 e. The van der Waals surface area contributed by atoms with Gasteiger partial charge in [0.15, 0.2) is 5.76 Å². The number of carbonyl (C=O) groups is 3. The fraction of sp³-hybridized carbons (Fsp3) is 0.381. The number of halogens is 1. The number of piperazine rings is 1. The number of rotatable bonds is 5. The van der Waals surface area contributed by atoms with Crippen LogP contribution in [0.1, 0.15) is 17.5 Å².